The molecular weight excluding hydrogens is 430 g/mol. The van der Waals surface area contributed by atoms with Gasteiger partial charge in [-0.15, -0.1) is 0 Å². The van der Waals surface area contributed by atoms with Crippen LogP contribution in [0.5, 0.6) is 0 Å². The summed E-state index contributed by atoms with van der Waals surface area (Å²) in [6, 6.07) is 15.2. The lowest BCUT2D eigenvalue weighted by molar-refractivity contribution is -0.138. The molecule has 0 N–H and O–H groups in total. The Morgan fingerprint density at radius 2 is 1.72 bits per heavy atom. The number of morpholine rings is 1. The summed E-state index contributed by atoms with van der Waals surface area (Å²) in [6.07, 6.45) is 0.161. The molecule has 0 aliphatic carbocycles. The highest BCUT2D eigenvalue weighted by Gasteiger charge is 2.44. The van der Waals surface area contributed by atoms with E-state index < -0.39 is 6.04 Å². The van der Waals surface area contributed by atoms with Crippen LogP contribution in [0.3, 0.4) is 0 Å². The van der Waals surface area contributed by atoms with Crippen molar-refractivity contribution < 1.29 is 19.1 Å². The Bertz CT molecular complexity index is 961. The maximum Gasteiger partial charge on any atom is 0.257 e. The van der Waals surface area contributed by atoms with Crippen molar-refractivity contribution in [3.8, 4) is 0 Å². The average Bonchev–Trinajstić information content (AvgIpc) is 3.09. The van der Waals surface area contributed by atoms with Gasteiger partial charge in [0.1, 0.15) is 6.04 Å². The van der Waals surface area contributed by atoms with Gasteiger partial charge in [-0.25, -0.2) is 4.90 Å². The minimum atomic E-state index is -0.810. The third-order valence-corrected chi connectivity index (χ3v) is 6.12. The molecule has 0 radical (unpaired) electrons. The standard InChI is InChI=1S/C24H26ClN3O4/c25-19-6-8-20(9-7-19)28-23(30)17-21(24(28)31)27(11-10-26-12-14-32-15-13-26)22(29)16-18-4-2-1-3-5-18/h1-9,21H,10-17H2. The van der Waals surface area contributed by atoms with Crippen molar-refractivity contribution in [3.05, 3.63) is 65.2 Å². The fourth-order valence-corrected chi connectivity index (χ4v) is 4.25. The van der Waals surface area contributed by atoms with Gasteiger partial charge in [0.2, 0.25) is 11.8 Å². The SMILES string of the molecule is O=C1CC(N(CCN2CCOCC2)C(=O)Cc2ccccc2)C(=O)N1c1ccc(Cl)cc1. The van der Waals surface area contributed by atoms with E-state index >= 15 is 0 Å². The molecule has 0 bridgehead atoms. The number of benzene rings is 2. The molecule has 2 aromatic rings. The minimum absolute atomic E-state index is 0.0227. The fraction of sp³-hybridized carbons (Fsp3) is 0.375. The molecule has 0 saturated carbocycles. The lowest BCUT2D eigenvalue weighted by Crippen LogP contribution is -2.50. The number of anilines is 1. The molecule has 2 heterocycles. The molecule has 168 valence electrons. The van der Waals surface area contributed by atoms with Gasteiger partial charge in [0, 0.05) is 31.2 Å². The molecule has 3 amide bonds. The quantitative estimate of drug-likeness (QED) is 0.599. The van der Waals surface area contributed by atoms with E-state index in [2.05, 4.69) is 4.90 Å². The van der Waals surface area contributed by atoms with Crippen molar-refractivity contribution in [1.82, 2.24) is 9.80 Å². The second kappa shape index (κ2) is 10.3. The van der Waals surface area contributed by atoms with Crippen LogP contribution in [0.1, 0.15) is 12.0 Å². The Morgan fingerprint density at radius 1 is 1.03 bits per heavy atom. The maximum absolute atomic E-state index is 13.3. The average molecular weight is 456 g/mol. The van der Waals surface area contributed by atoms with Gasteiger partial charge in [-0.1, -0.05) is 41.9 Å². The number of amides is 3. The second-order valence-electron chi connectivity index (χ2n) is 7.97. The first-order valence-corrected chi connectivity index (χ1v) is 11.2. The van der Waals surface area contributed by atoms with E-state index in [0.29, 0.717) is 37.0 Å². The largest absolute Gasteiger partial charge is 0.379 e. The van der Waals surface area contributed by atoms with Crippen molar-refractivity contribution in [3.63, 3.8) is 0 Å². The lowest BCUT2D eigenvalue weighted by atomic mass is 10.1. The molecule has 1 unspecified atom stereocenters. The van der Waals surface area contributed by atoms with Crippen LogP contribution in [0.4, 0.5) is 5.69 Å². The highest BCUT2D eigenvalue weighted by molar-refractivity contribution is 6.30. The van der Waals surface area contributed by atoms with Crippen molar-refractivity contribution >= 4 is 35.0 Å². The van der Waals surface area contributed by atoms with E-state index in [1.165, 1.54) is 4.90 Å². The number of halogens is 1. The number of rotatable bonds is 7. The Hall–Kier alpha value is -2.74. The van der Waals surface area contributed by atoms with Crippen LogP contribution in [0, 0.1) is 0 Å². The van der Waals surface area contributed by atoms with Gasteiger partial charge in [-0.2, -0.15) is 0 Å². The van der Waals surface area contributed by atoms with Gasteiger partial charge in [0.15, 0.2) is 0 Å². The van der Waals surface area contributed by atoms with Crippen LogP contribution in [0.2, 0.25) is 5.02 Å². The Balaban J connectivity index is 1.53. The lowest BCUT2D eigenvalue weighted by Gasteiger charge is -2.32. The summed E-state index contributed by atoms with van der Waals surface area (Å²) in [7, 11) is 0. The normalized spacial score (nSPS) is 19.4. The van der Waals surface area contributed by atoms with Crippen LogP contribution >= 0.6 is 11.6 Å². The zero-order valence-electron chi connectivity index (χ0n) is 17.8. The predicted molar refractivity (Wildman–Crippen MR) is 121 cm³/mol. The molecule has 0 spiro atoms. The summed E-state index contributed by atoms with van der Waals surface area (Å²) in [5.41, 5.74) is 1.34. The zero-order chi connectivity index (χ0) is 22.5. The van der Waals surface area contributed by atoms with E-state index in [9.17, 15) is 14.4 Å². The molecular formula is C24H26ClN3O4. The van der Waals surface area contributed by atoms with Crippen LogP contribution in [0.15, 0.2) is 54.6 Å². The number of hydrogen-bond donors (Lipinski definition) is 0. The summed E-state index contributed by atoms with van der Waals surface area (Å²) in [4.78, 5) is 44.3. The summed E-state index contributed by atoms with van der Waals surface area (Å²) in [6.45, 7) is 3.89. The van der Waals surface area contributed by atoms with Gasteiger partial charge >= 0.3 is 0 Å². The molecule has 2 aliphatic rings. The number of imide groups is 1. The third-order valence-electron chi connectivity index (χ3n) is 5.86. The topological polar surface area (TPSA) is 70.2 Å². The van der Waals surface area contributed by atoms with Gasteiger partial charge in [0.25, 0.3) is 5.91 Å². The zero-order valence-corrected chi connectivity index (χ0v) is 18.5. The van der Waals surface area contributed by atoms with Gasteiger partial charge in [-0.05, 0) is 29.8 Å². The Labute approximate surface area is 192 Å². The Morgan fingerprint density at radius 3 is 2.41 bits per heavy atom. The predicted octanol–water partition coefficient (Wildman–Crippen LogP) is 2.38. The van der Waals surface area contributed by atoms with Crippen molar-refractivity contribution in [2.75, 3.05) is 44.3 Å². The van der Waals surface area contributed by atoms with Crippen molar-refractivity contribution in [2.45, 2.75) is 18.9 Å². The summed E-state index contributed by atoms with van der Waals surface area (Å²) >= 11 is 5.95. The molecule has 2 aromatic carbocycles. The molecule has 7 nitrogen and oxygen atoms in total. The first-order valence-electron chi connectivity index (χ1n) is 10.8. The monoisotopic (exact) mass is 455 g/mol. The molecule has 2 fully saturated rings. The van der Waals surface area contributed by atoms with Crippen LogP contribution < -0.4 is 4.90 Å². The molecule has 1 atom stereocenters. The van der Waals surface area contributed by atoms with E-state index in [1.54, 1.807) is 29.2 Å². The van der Waals surface area contributed by atoms with Crippen LogP contribution in [-0.4, -0.2) is 73.0 Å². The molecule has 32 heavy (non-hydrogen) atoms. The number of ether oxygens (including phenoxy) is 1. The minimum Gasteiger partial charge on any atom is -0.379 e. The number of carbonyl (C=O) groups excluding carboxylic acids is 3. The van der Waals surface area contributed by atoms with Crippen LogP contribution in [-0.2, 0) is 25.5 Å². The first-order chi connectivity index (χ1) is 15.5. The molecule has 2 saturated heterocycles. The van der Waals surface area contributed by atoms with Crippen molar-refractivity contribution in [1.29, 1.82) is 0 Å². The second-order valence-corrected chi connectivity index (χ2v) is 8.40. The number of nitrogens with zero attached hydrogens (tertiary/aromatic N) is 3. The summed E-state index contributed by atoms with van der Waals surface area (Å²) in [5, 5.41) is 0.523. The van der Waals surface area contributed by atoms with Gasteiger partial charge in [-0.3, -0.25) is 19.3 Å². The summed E-state index contributed by atoms with van der Waals surface area (Å²) in [5.74, 6) is -0.847. The van der Waals surface area contributed by atoms with E-state index in [1.807, 2.05) is 30.3 Å². The molecule has 8 heteroatoms. The molecule has 4 rings (SSSR count). The van der Waals surface area contributed by atoms with Gasteiger partial charge < -0.3 is 9.64 Å². The summed E-state index contributed by atoms with van der Waals surface area (Å²) < 4.78 is 5.40. The highest BCUT2D eigenvalue weighted by Crippen LogP contribution is 2.27. The van der Waals surface area contributed by atoms with Crippen LogP contribution in [0.25, 0.3) is 0 Å². The molecule has 2 aliphatic heterocycles. The Kier molecular flexibility index (Phi) is 7.19. The number of carbonyl (C=O) groups is 3. The fourth-order valence-electron chi connectivity index (χ4n) is 4.12. The number of hydrogen-bond acceptors (Lipinski definition) is 5. The smallest absolute Gasteiger partial charge is 0.257 e. The highest BCUT2D eigenvalue weighted by atomic mass is 35.5. The first kappa shape index (κ1) is 22.5. The third kappa shape index (κ3) is 5.18. The van der Waals surface area contributed by atoms with E-state index in [4.69, 9.17) is 16.3 Å². The van der Waals surface area contributed by atoms with E-state index in [-0.39, 0.29) is 30.6 Å². The molecule has 0 aromatic heterocycles. The van der Waals surface area contributed by atoms with Gasteiger partial charge in [0.05, 0.1) is 31.7 Å². The maximum atomic E-state index is 13.3. The van der Waals surface area contributed by atoms with E-state index in [0.717, 1.165) is 18.7 Å². The van der Waals surface area contributed by atoms with Crippen molar-refractivity contribution in [2.24, 2.45) is 0 Å².